The van der Waals surface area contributed by atoms with Crippen molar-refractivity contribution in [2.24, 2.45) is 5.92 Å². The van der Waals surface area contributed by atoms with E-state index in [1.54, 1.807) is 4.57 Å². The first kappa shape index (κ1) is 17.8. The average Bonchev–Trinajstić information content (AvgIpc) is 2.91. The van der Waals surface area contributed by atoms with Crippen molar-refractivity contribution in [1.29, 1.82) is 0 Å². The van der Waals surface area contributed by atoms with Crippen LogP contribution < -0.4 is 5.73 Å². The highest BCUT2D eigenvalue weighted by molar-refractivity contribution is 8.01. The zero-order chi connectivity index (χ0) is 18.4. The van der Waals surface area contributed by atoms with Crippen molar-refractivity contribution < 1.29 is 19.5 Å². The minimum atomic E-state index is -2.75. The Morgan fingerprint density at radius 1 is 1.36 bits per heavy atom. The van der Waals surface area contributed by atoms with E-state index in [1.807, 2.05) is 0 Å². The van der Waals surface area contributed by atoms with E-state index in [2.05, 4.69) is 26.8 Å². The van der Waals surface area contributed by atoms with Crippen molar-refractivity contribution in [3.8, 4) is 11.8 Å². The van der Waals surface area contributed by atoms with Crippen LogP contribution in [0.15, 0.2) is 11.5 Å². The van der Waals surface area contributed by atoms with E-state index in [9.17, 15) is 19.5 Å². The summed E-state index contributed by atoms with van der Waals surface area (Å²) in [4.78, 5) is 12.6. The number of nitrogens with two attached hydrogens (primary N) is 1. The van der Waals surface area contributed by atoms with Gasteiger partial charge in [-0.25, -0.2) is 15.0 Å². The van der Waals surface area contributed by atoms with Crippen LogP contribution in [0.4, 0.5) is 5.82 Å². The number of nitrogen functional groups attached to an aromatic ring is 1. The van der Waals surface area contributed by atoms with Crippen LogP contribution in [0.25, 0.3) is 11.2 Å². The Kier molecular flexibility index (Phi) is 4.51. The number of hydrogen-bond acceptors (Lipinski definition) is 8. The highest BCUT2D eigenvalue weighted by Gasteiger charge is 2.35. The Morgan fingerprint density at radius 2 is 2.08 bits per heavy atom. The summed E-state index contributed by atoms with van der Waals surface area (Å²) in [6.45, 7) is -0.350. The summed E-state index contributed by atoms with van der Waals surface area (Å²) in [5, 5.41) is 30.2. The van der Waals surface area contributed by atoms with Crippen LogP contribution in [0, 0.1) is 17.8 Å². The number of aliphatic hydroxyl groups is 3. The lowest BCUT2D eigenvalue weighted by atomic mass is 9.96. The molecule has 0 spiro atoms. The van der Waals surface area contributed by atoms with Gasteiger partial charge in [-0.2, -0.15) is 0 Å². The molecule has 2 aromatic rings. The van der Waals surface area contributed by atoms with Gasteiger partial charge >= 0.3 is 0 Å². The number of imidazole rings is 1. The van der Waals surface area contributed by atoms with Gasteiger partial charge in [0.2, 0.25) is 0 Å². The zero-order valence-corrected chi connectivity index (χ0v) is 14.8. The van der Waals surface area contributed by atoms with Crippen LogP contribution in [0.1, 0.15) is 12.5 Å². The van der Waals surface area contributed by atoms with Gasteiger partial charge in [0.15, 0.2) is 16.6 Å². The molecule has 1 aliphatic carbocycles. The average molecular weight is 367 g/mol. The number of rotatable bonds is 3. The van der Waals surface area contributed by atoms with Crippen LogP contribution in [-0.2, 0) is 9.93 Å². The molecular formula is C15H21N5O4S. The van der Waals surface area contributed by atoms with Gasteiger partial charge in [-0.1, -0.05) is 15.9 Å². The Hall–Kier alpha value is -2.06. The molecule has 2 heterocycles. The van der Waals surface area contributed by atoms with Crippen molar-refractivity contribution in [3.63, 3.8) is 0 Å². The number of hydrogen-bond donors (Lipinski definition) is 5. The standard InChI is InChI=1S/C15H21N5O4S/c1-25(2,24)15-18-13(16)10-14(19-15)20(7-17-10)9-5-3-4-8(6-21)11(22)12(9)23/h7-9,11-12,21-23,25H,5-6H2,1-2H3,(H2,16,18,19). The molecule has 3 rings (SSSR count). The molecule has 136 valence electrons. The Morgan fingerprint density at radius 3 is 2.72 bits per heavy atom. The van der Waals surface area contributed by atoms with Gasteiger partial charge in [0.05, 0.1) is 31.0 Å². The van der Waals surface area contributed by atoms with Gasteiger partial charge in [0.1, 0.15) is 11.6 Å². The van der Waals surface area contributed by atoms with E-state index in [0.29, 0.717) is 11.2 Å². The minimum absolute atomic E-state index is 0.102. The van der Waals surface area contributed by atoms with E-state index in [1.165, 1.54) is 18.8 Å². The molecule has 5 N–H and O–H groups in total. The molecule has 2 aromatic heterocycles. The number of fused-ring (bicyclic) bond motifs is 1. The molecule has 9 nitrogen and oxygen atoms in total. The Labute approximate surface area is 145 Å². The summed E-state index contributed by atoms with van der Waals surface area (Å²) in [5.41, 5.74) is 6.57. The Balaban J connectivity index is 2.12. The minimum Gasteiger partial charge on any atom is -0.395 e. The molecule has 0 amide bonds. The van der Waals surface area contributed by atoms with Gasteiger partial charge in [0.25, 0.3) is 0 Å². The van der Waals surface area contributed by atoms with E-state index < -0.39 is 34.1 Å². The quantitative estimate of drug-likeness (QED) is 0.246. The normalized spacial score (nSPS) is 27.6. The molecular weight excluding hydrogens is 346 g/mol. The first-order chi connectivity index (χ1) is 11.7. The molecule has 0 bridgehead atoms. The van der Waals surface area contributed by atoms with Crippen molar-refractivity contribution >= 4 is 26.9 Å². The second-order valence-corrected chi connectivity index (χ2v) is 9.55. The van der Waals surface area contributed by atoms with Crippen LogP contribution in [0.5, 0.6) is 0 Å². The number of aliphatic hydroxyl groups excluding tert-OH is 3. The van der Waals surface area contributed by atoms with Gasteiger partial charge in [-0.05, 0) is 12.5 Å². The smallest absolute Gasteiger partial charge is 0.198 e. The molecule has 0 saturated heterocycles. The van der Waals surface area contributed by atoms with Crippen molar-refractivity contribution in [2.45, 2.75) is 29.8 Å². The summed E-state index contributed by atoms with van der Waals surface area (Å²) >= 11 is 0. The van der Waals surface area contributed by atoms with Crippen LogP contribution in [0.2, 0.25) is 0 Å². The number of nitrogens with zero attached hydrogens (tertiary/aromatic N) is 4. The monoisotopic (exact) mass is 367 g/mol. The molecule has 4 atom stereocenters. The van der Waals surface area contributed by atoms with Crippen molar-refractivity contribution in [1.82, 2.24) is 19.5 Å². The Bertz CT molecular complexity index is 912. The highest BCUT2D eigenvalue weighted by atomic mass is 32.2. The molecule has 0 radical (unpaired) electrons. The van der Waals surface area contributed by atoms with Crippen molar-refractivity contribution in [2.75, 3.05) is 24.9 Å². The van der Waals surface area contributed by atoms with Gasteiger partial charge in [-0.3, -0.25) is 4.21 Å². The molecule has 0 saturated carbocycles. The predicted molar refractivity (Wildman–Crippen MR) is 93.4 cm³/mol. The fourth-order valence-corrected chi connectivity index (χ4v) is 3.48. The third kappa shape index (κ3) is 3.11. The lowest BCUT2D eigenvalue weighted by Crippen LogP contribution is -2.39. The molecule has 0 fully saturated rings. The molecule has 10 heteroatoms. The molecule has 25 heavy (non-hydrogen) atoms. The highest BCUT2D eigenvalue weighted by Crippen LogP contribution is 2.29. The molecule has 0 aliphatic heterocycles. The molecule has 1 aliphatic rings. The van der Waals surface area contributed by atoms with Gasteiger partial charge < -0.3 is 25.6 Å². The van der Waals surface area contributed by atoms with Crippen LogP contribution >= 0.6 is 0 Å². The fourth-order valence-electron chi connectivity index (χ4n) is 2.79. The summed E-state index contributed by atoms with van der Waals surface area (Å²) in [5.74, 6) is 4.99. The maximum absolute atomic E-state index is 12.3. The first-order valence-corrected chi connectivity index (χ1v) is 10.3. The van der Waals surface area contributed by atoms with Crippen LogP contribution in [0.3, 0.4) is 0 Å². The third-order valence-corrected chi connectivity index (χ3v) is 5.39. The second-order valence-electron chi connectivity index (χ2n) is 6.45. The fraction of sp³-hybridized carbons (Fsp3) is 0.533. The number of anilines is 1. The van der Waals surface area contributed by atoms with Crippen molar-refractivity contribution in [3.05, 3.63) is 6.33 Å². The number of aromatic nitrogens is 4. The summed E-state index contributed by atoms with van der Waals surface area (Å²) in [6, 6.07) is -0.640. The summed E-state index contributed by atoms with van der Waals surface area (Å²) in [7, 11) is -2.75. The van der Waals surface area contributed by atoms with E-state index in [0.717, 1.165) is 0 Å². The molecule has 4 unspecified atom stereocenters. The predicted octanol–water partition coefficient (Wildman–Crippen LogP) is -1.68. The lowest BCUT2D eigenvalue weighted by molar-refractivity contribution is -0.0380. The van der Waals surface area contributed by atoms with Crippen LogP contribution in [-0.4, -0.2) is 70.4 Å². The first-order valence-electron chi connectivity index (χ1n) is 7.75. The van der Waals surface area contributed by atoms with Gasteiger partial charge in [-0.15, -0.1) is 5.92 Å². The summed E-state index contributed by atoms with van der Waals surface area (Å²) in [6.07, 6.45) is 2.33. The molecule has 0 aromatic carbocycles. The van der Waals surface area contributed by atoms with Gasteiger partial charge in [0, 0.05) is 6.42 Å². The van der Waals surface area contributed by atoms with E-state index in [-0.39, 0.29) is 24.0 Å². The SMILES string of the molecule is C[SH](C)(=O)c1nc(N)c2ncn(C3CC#CC(CO)C(O)C3O)c2n1. The number of thiol groups is 1. The maximum Gasteiger partial charge on any atom is 0.198 e. The lowest BCUT2D eigenvalue weighted by Gasteiger charge is -2.27. The topological polar surface area (TPSA) is 147 Å². The second kappa shape index (κ2) is 6.34. The van der Waals surface area contributed by atoms with E-state index >= 15 is 0 Å². The third-order valence-electron chi connectivity index (χ3n) is 4.23. The maximum atomic E-state index is 12.3. The summed E-state index contributed by atoms with van der Waals surface area (Å²) < 4.78 is 13.9. The van der Waals surface area contributed by atoms with E-state index in [4.69, 9.17) is 5.73 Å². The zero-order valence-electron chi connectivity index (χ0n) is 13.9. The largest absolute Gasteiger partial charge is 0.395 e.